The predicted molar refractivity (Wildman–Crippen MR) is 96.3 cm³/mol. The van der Waals surface area contributed by atoms with Gasteiger partial charge >= 0.3 is 5.97 Å². The molecule has 0 bridgehead atoms. The topological polar surface area (TPSA) is 52.3 Å². The van der Waals surface area contributed by atoms with Crippen molar-refractivity contribution < 1.29 is 14.1 Å². The number of aryl methyl sites for hydroxylation is 1. The third-order valence-electron chi connectivity index (χ3n) is 4.13. The molecule has 0 saturated carbocycles. The highest BCUT2D eigenvalue weighted by molar-refractivity contribution is 5.97. The Morgan fingerprint density at radius 3 is 2.40 bits per heavy atom. The Balaban J connectivity index is 1.75. The minimum atomic E-state index is -0.425. The van der Waals surface area contributed by atoms with Gasteiger partial charge in [-0.1, -0.05) is 73.6 Å². The van der Waals surface area contributed by atoms with Crippen LogP contribution in [0, 0.1) is 6.92 Å². The van der Waals surface area contributed by atoms with E-state index in [0.29, 0.717) is 22.9 Å². The molecule has 25 heavy (non-hydrogen) atoms. The van der Waals surface area contributed by atoms with E-state index in [-0.39, 0.29) is 6.61 Å². The largest absolute Gasteiger partial charge is 0.457 e. The molecule has 4 heteroatoms. The van der Waals surface area contributed by atoms with Crippen molar-refractivity contribution in [1.29, 1.82) is 0 Å². The molecule has 0 fully saturated rings. The number of carbonyl (C=O) groups excluding carboxylic acids is 1. The number of rotatable bonds is 5. The fourth-order valence-electron chi connectivity index (χ4n) is 2.63. The van der Waals surface area contributed by atoms with Crippen LogP contribution in [0.1, 0.15) is 47.0 Å². The summed E-state index contributed by atoms with van der Waals surface area (Å²) in [5.74, 6) is 0.509. The molecule has 0 atom stereocenters. The van der Waals surface area contributed by atoms with Crippen LogP contribution in [0.25, 0.3) is 11.3 Å². The lowest BCUT2D eigenvalue weighted by atomic mass is 10.0. The van der Waals surface area contributed by atoms with E-state index in [4.69, 9.17) is 9.26 Å². The summed E-state index contributed by atoms with van der Waals surface area (Å²) < 4.78 is 10.7. The van der Waals surface area contributed by atoms with Crippen molar-refractivity contribution in [3.63, 3.8) is 0 Å². The number of benzene rings is 2. The molecule has 0 unspecified atom stereocenters. The first-order valence-electron chi connectivity index (χ1n) is 8.34. The average molecular weight is 335 g/mol. The van der Waals surface area contributed by atoms with Crippen molar-refractivity contribution in [2.24, 2.45) is 0 Å². The normalized spacial score (nSPS) is 10.9. The van der Waals surface area contributed by atoms with Crippen molar-refractivity contribution in [1.82, 2.24) is 5.16 Å². The van der Waals surface area contributed by atoms with Crippen LogP contribution in [0.15, 0.2) is 59.1 Å². The molecule has 2 aromatic carbocycles. The molecular weight excluding hydrogens is 314 g/mol. The maximum Gasteiger partial charge on any atom is 0.344 e. The number of hydrogen-bond acceptors (Lipinski definition) is 4. The van der Waals surface area contributed by atoms with Gasteiger partial charge in [-0.15, -0.1) is 0 Å². The van der Waals surface area contributed by atoms with Gasteiger partial charge in [0.15, 0.2) is 0 Å². The average Bonchev–Trinajstić information content (AvgIpc) is 3.02. The Labute approximate surface area is 147 Å². The van der Waals surface area contributed by atoms with Crippen molar-refractivity contribution in [2.45, 2.75) is 33.3 Å². The highest BCUT2D eigenvalue weighted by atomic mass is 16.5. The zero-order chi connectivity index (χ0) is 17.8. The quantitative estimate of drug-likeness (QED) is 0.607. The van der Waals surface area contributed by atoms with E-state index in [1.807, 2.05) is 42.5 Å². The zero-order valence-corrected chi connectivity index (χ0v) is 14.7. The summed E-state index contributed by atoms with van der Waals surface area (Å²) in [7, 11) is 0. The summed E-state index contributed by atoms with van der Waals surface area (Å²) in [6.07, 6.45) is 0. The molecule has 0 aliphatic rings. The van der Waals surface area contributed by atoms with E-state index < -0.39 is 5.97 Å². The van der Waals surface area contributed by atoms with Gasteiger partial charge in [-0.05, 0) is 24.0 Å². The van der Waals surface area contributed by atoms with Crippen LogP contribution in [-0.4, -0.2) is 11.1 Å². The predicted octanol–water partition coefficient (Wildman–Crippen LogP) is 5.13. The van der Waals surface area contributed by atoms with Gasteiger partial charge in [0.1, 0.15) is 23.6 Å². The van der Waals surface area contributed by atoms with Crippen LogP contribution in [0.5, 0.6) is 0 Å². The van der Waals surface area contributed by atoms with E-state index in [2.05, 4.69) is 31.1 Å². The van der Waals surface area contributed by atoms with Gasteiger partial charge in [0.05, 0.1) is 0 Å². The lowest BCUT2D eigenvalue weighted by Crippen LogP contribution is -2.07. The van der Waals surface area contributed by atoms with Crippen LogP contribution in [-0.2, 0) is 11.3 Å². The highest BCUT2D eigenvalue weighted by Gasteiger charge is 2.22. The second-order valence-corrected chi connectivity index (χ2v) is 6.30. The first-order valence-corrected chi connectivity index (χ1v) is 8.34. The molecule has 0 aliphatic carbocycles. The Hall–Kier alpha value is -2.88. The van der Waals surface area contributed by atoms with E-state index in [1.165, 1.54) is 5.56 Å². The Kier molecular flexibility index (Phi) is 4.98. The molecule has 3 aromatic rings. The van der Waals surface area contributed by atoms with Crippen LogP contribution >= 0.6 is 0 Å². The maximum absolute atomic E-state index is 12.5. The number of nitrogens with zero attached hydrogens (tertiary/aromatic N) is 1. The molecule has 0 N–H and O–H groups in total. The summed E-state index contributed by atoms with van der Waals surface area (Å²) >= 11 is 0. The maximum atomic E-state index is 12.5. The molecule has 0 spiro atoms. The molecule has 0 saturated heterocycles. The Morgan fingerprint density at radius 2 is 1.76 bits per heavy atom. The van der Waals surface area contributed by atoms with Gasteiger partial charge < -0.3 is 9.26 Å². The van der Waals surface area contributed by atoms with E-state index >= 15 is 0 Å². The van der Waals surface area contributed by atoms with Gasteiger partial charge in [0, 0.05) is 5.56 Å². The third-order valence-corrected chi connectivity index (χ3v) is 4.13. The summed E-state index contributed by atoms with van der Waals surface area (Å²) in [5.41, 5.74) is 3.93. The van der Waals surface area contributed by atoms with Gasteiger partial charge in [-0.3, -0.25) is 0 Å². The fraction of sp³-hybridized carbons (Fsp3) is 0.238. The number of carbonyl (C=O) groups is 1. The third kappa shape index (κ3) is 3.79. The van der Waals surface area contributed by atoms with Gasteiger partial charge in [0.2, 0.25) is 0 Å². The molecule has 128 valence electrons. The molecule has 3 rings (SSSR count). The first-order chi connectivity index (χ1) is 12.1. The Bertz CT molecular complexity index is 849. The summed E-state index contributed by atoms with van der Waals surface area (Å²) in [4.78, 5) is 12.5. The van der Waals surface area contributed by atoms with Crippen molar-refractivity contribution >= 4 is 5.97 Å². The van der Waals surface area contributed by atoms with Crippen molar-refractivity contribution in [3.8, 4) is 11.3 Å². The van der Waals surface area contributed by atoms with Crippen LogP contribution in [0.2, 0.25) is 0 Å². The first kappa shape index (κ1) is 17.0. The number of esters is 1. The second-order valence-electron chi connectivity index (χ2n) is 6.30. The lowest BCUT2D eigenvalue weighted by molar-refractivity contribution is 0.0471. The Morgan fingerprint density at radius 1 is 1.08 bits per heavy atom. The molecule has 0 radical (unpaired) electrons. The standard InChI is InChI=1S/C21H21NO3/c1-14(2)17-11-9-16(10-12-17)13-24-21(23)19-15(3)25-22-20(19)18-7-5-4-6-8-18/h4-12,14H,13H2,1-3H3. The monoisotopic (exact) mass is 335 g/mol. The van der Waals surface area contributed by atoms with Crippen LogP contribution in [0.3, 0.4) is 0 Å². The van der Waals surface area contributed by atoms with Crippen molar-refractivity contribution in [2.75, 3.05) is 0 Å². The molecule has 1 aromatic heterocycles. The molecule has 4 nitrogen and oxygen atoms in total. The van der Waals surface area contributed by atoms with Crippen molar-refractivity contribution in [3.05, 3.63) is 77.0 Å². The molecular formula is C21H21NO3. The van der Waals surface area contributed by atoms with E-state index in [1.54, 1.807) is 6.92 Å². The number of hydrogen-bond donors (Lipinski definition) is 0. The summed E-state index contributed by atoms with van der Waals surface area (Å²) in [6, 6.07) is 17.6. The lowest BCUT2D eigenvalue weighted by Gasteiger charge is -2.08. The fourth-order valence-corrected chi connectivity index (χ4v) is 2.63. The zero-order valence-electron chi connectivity index (χ0n) is 14.7. The smallest absolute Gasteiger partial charge is 0.344 e. The molecule has 0 aliphatic heterocycles. The molecule has 0 amide bonds. The minimum absolute atomic E-state index is 0.218. The summed E-state index contributed by atoms with van der Waals surface area (Å²) in [5, 5.41) is 4.02. The van der Waals surface area contributed by atoms with Crippen LogP contribution < -0.4 is 0 Å². The highest BCUT2D eigenvalue weighted by Crippen LogP contribution is 2.26. The van der Waals surface area contributed by atoms with Gasteiger partial charge in [-0.25, -0.2) is 4.79 Å². The van der Waals surface area contributed by atoms with Crippen LogP contribution in [0.4, 0.5) is 0 Å². The molecule has 1 heterocycles. The van der Waals surface area contributed by atoms with Gasteiger partial charge in [-0.2, -0.15) is 0 Å². The minimum Gasteiger partial charge on any atom is -0.457 e. The summed E-state index contributed by atoms with van der Waals surface area (Å²) in [6.45, 7) is 6.23. The van der Waals surface area contributed by atoms with E-state index in [9.17, 15) is 4.79 Å². The van der Waals surface area contributed by atoms with E-state index in [0.717, 1.165) is 11.1 Å². The second kappa shape index (κ2) is 7.34. The number of aromatic nitrogens is 1. The number of ether oxygens (including phenoxy) is 1. The van der Waals surface area contributed by atoms with Gasteiger partial charge in [0.25, 0.3) is 0 Å². The SMILES string of the molecule is Cc1onc(-c2ccccc2)c1C(=O)OCc1ccc(C(C)C)cc1.